The molecule has 0 spiro atoms. The van der Waals surface area contributed by atoms with Gasteiger partial charge in [0.25, 0.3) is 5.91 Å². The van der Waals surface area contributed by atoms with Crippen molar-refractivity contribution in [1.29, 1.82) is 0 Å². The summed E-state index contributed by atoms with van der Waals surface area (Å²) in [5.74, 6) is -1.09. The number of aromatic hydroxyl groups is 1. The minimum atomic E-state index is -0.688. The van der Waals surface area contributed by atoms with Gasteiger partial charge in [0, 0.05) is 10.2 Å². The van der Waals surface area contributed by atoms with Crippen LogP contribution in [0.5, 0.6) is 5.75 Å². The molecule has 0 fully saturated rings. The van der Waals surface area contributed by atoms with Crippen molar-refractivity contribution in [2.45, 2.75) is 0 Å². The lowest BCUT2D eigenvalue weighted by Gasteiger charge is -2.08. The van der Waals surface area contributed by atoms with E-state index in [1.54, 1.807) is 12.1 Å². The van der Waals surface area contributed by atoms with Crippen LogP contribution in [0.25, 0.3) is 0 Å². The van der Waals surface area contributed by atoms with Crippen LogP contribution in [0.4, 0.5) is 5.69 Å². The van der Waals surface area contributed by atoms with Crippen molar-refractivity contribution in [3.63, 3.8) is 0 Å². The number of nitrogens with one attached hydrogen (secondary N) is 1. The highest BCUT2D eigenvalue weighted by atomic mass is 79.9. The minimum Gasteiger partial charge on any atom is -0.508 e. The van der Waals surface area contributed by atoms with Crippen molar-refractivity contribution in [3.05, 3.63) is 57.5 Å². The summed E-state index contributed by atoms with van der Waals surface area (Å²) in [6.07, 6.45) is 0. The number of carbonyl (C=O) groups is 2. The van der Waals surface area contributed by atoms with Crippen LogP contribution in [0.2, 0.25) is 5.02 Å². The first-order chi connectivity index (χ1) is 10.5. The van der Waals surface area contributed by atoms with Gasteiger partial charge in [0.1, 0.15) is 5.75 Å². The summed E-state index contributed by atoms with van der Waals surface area (Å²) in [6.45, 7) is -0.442. The standard InChI is InChI=1S/C15H11BrClNO4/c16-9-1-6-13(17)12(7-9)15(21)22-8-14(20)18-10-2-4-11(19)5-3-10/h1-7,19H,8H2,(H,18,20). The summed E-state index contributed by atoms with van der Waals surface area (Å²) in [6, 6.07) is 10.7. The molecular weight excluding hydrogens is 374 g/mol. The molecule has 0 radical (unpaired) electrons. The summed E-state index contributed by atoms with van der Waals surface area (Å²) >= 11 is 9.13. The maximum atomic E-state index is 11.9. The molecule has 0 aliphatic heterocycles. The average Bonchev–Trinajstić information content (AvgIpc) is 2.49. The molecule has 22 heavy (non-hydrogen) atoms. The van der Waals surface area contributed by atoms with Crippen LogP contribution in [0, 0.1) is 0 Å². The molecule has 0 saturated carbocycles. The van der Waals surface area contributed by atoms with Crippen molar-refractivity contribution < 1.29 is 19.4 Å². The second-order valence-corrected chi connectivity index (χ2v) is 5.62. The fourth-order valence-electron chi connectivity index (χ4n) is 1.60. The van der Waals surface area contributed by atoms with Crippen LogP contribution in [0.3, 0.4) is 0 Å². The van der Waals surface area contributed by atoms with Gasteiger partial charge in [0.15, 0.2) is 6.61 Å². The topological polar surface area (TPSA) is 75.6 Å². The number of hydrogen-bond donors (Lipinski definition) is 2. The van der Waals surface area contributed by atoms with Crippen LogP contribution in [-0.4, -0.2) is 23.6 Å². The highest BCUT2D eigenvalue weighted by molar-refractivity contribution is 9.10. The lowest BCUT2D eigenvalue weighted by atomic mass is 10.2. The Morgan fingerprint density at radius 3 is 2.55 bits per heavy atom. The lowest BCUT2D eigenvalue weighted by molar-refractivity contribution is -0.119. The second kappa shape index (κ2) is 7.29. The fourth-order valence-corrected chi connectivity index (χ4v) is 2.16. The molecule has 0 aliphatic carbocycles. The van der Waals surface area contributed by atoms with Crippen molar-refractivity contribution in [1.82, 2.24) is 0 Å². The molecule has 2 aromatic carbocycles. The van der Waals surface area contributed by atoms with Gasteiger partial charge in [0.2, 0.25) is 0 Å². The predicted octanol–water partition coefficient (Wildman–Crippen LogP) is 3.60. The van der Waals surface area contributed by atoms with Gasteiger partial charge in [-0.2, -0.15) is 0 Å². The first-order valence-corrected chi connectivity index (χ1v) is 7.34. The Bertz CT molecular complexity index is 703. The molecule has 2 N–H and O–H groups in total. The number of halogens is 2. The Labute approximate surface area is 140 Å². The summed E-state index contributed by atoms with van der Waals surface area (Å²) in [7, 11) is 0. The van der Waals surface area contributed by atoms with Gasteiger partial charge >= 0.3 is 5.97 Å². The van der Waals surface area contributed by atoms with Crippen LogP contribution in [0.1, 0.15) is 10.4 Å². The van der Waals surface area contributed by atoms with Crippen molar-refractivity contribution >= 4 is 45.1 Å². The minimum absolute atomic E-state index is 0.0914. The SMILES string of the molecule is O=C(COC(=O)c1cc(Br)ccc1Cl)Nc1ccc(O)cc1. The number of benzene rings is 2. The Kier molecular flexibility index (Phi) is 5.41. The third kappa shape index (κ3) is 4.47. The fraction of sp³-hybridized carbons (Fsp3) is 0.0667. The zero-order chi connectivity index (χ0) is 16.1. The van der Waals surface area contributed by atoms with E-state index in [4.69, 9.17) is 21.4 Å². The van der Waals surface area contributed by atoms with Gasteiger partial charge in [-0.15, -0.1) is 0 Å². The van der Waals surface area contributed by atoms with E-state index in [0.717, 1.165) is 0 Å². The van der Waals surface area contributed by atoms with Gasteiger partial charge in [-0.1, -0.05) is 27.5 Å². The number of phenolic OH excluding ortho intramolecular Hbond substituents is 1. The Morgan fingerprint density at radius 2 is 1.86 bits per heavy atom. The summed E-state index contributed by atoms with van der Waals surface area (Å²) < 4.78 is 5.59. The molecule has 0 aromatic heterocycles. The monoisotopic (exact) mass is 383 g/mol. The number of esters is 1. The van der Waals surface area contributed by atoms with E-state index in [1.807, 2.05) is 0 Å². The van der Waals surface area contributed by atoms with Gasteiger partial charge in [-0.05, 0) is 42.5 Å². The maximum Gasteiger partial charge on any atom is 0.340 e. The normalized spacial score (nSPS) is 10.1. The molecule has 0 bridgehead atoms. The Balaban J connectivity index is 1.91. The van der Waals surface area contributed by atoms with Crippen LogP contribution in [0.15, 0.2) is 46.9 Å². The molecule has 0 saturated heterocycles. The zero-order valence-corrected chi connectivity index (χ0v) is 13.5. The first kappa shape index (κ1) is 16.3. The van der Waals surface area contributed by atoms with E-state index in [9.17, 15) is 9.59 Å². The summed E-state index contributed by atoms with van der Waals surface area (Å²) in [5.41, 5.74) is 0.660. The van der Waals surface area contributed by atoms with Gasteiger partial charge < -0.3 is 15.2 Å². The molecule has 114 valence electrons. The van der Waals surface area contributed by atoms with E-state index >= 15 is 0 Å². The largest absolute Gasteiger partial charge is 0.508 e. The lowest BCUT2D eigenvalue weighted by Crippen LogP contribution is -2.21. The third-order valence-corrected chi connectivity index (χ3v) is 3.46. The van der Waals surface area contributed by atoms with E-state index in [-0.39, 0.29) is 16.3 Å². The van der Waals surface area contributed by atoms with E-state index < -0.39 is 18.5 Å². The summed E-state index contributed by atoms with van der Waals surface area (Å²) in [5, 5.41) is 11.9. The quantitative estimate of drug-likeness (QED) is 0.624. The molecule has 1 amide bonds. The second-order valence-electron chi connectivity index (χ2n) is 4.30. The van der Waals surface area contributed by atoms with Crippen LogP contribution in [-0.2, 0) is 9.53 Å². The molecule has 5 nitrogen and oxygen atoms in total. The van der Waals surface area contributed by atoms with Crippen LogP contribution >= 0.6 is 27.5 Å². The third-order valence-electron chi connectivity index (χ3n) is 2.63. The number of carbonyl (C=O) groups excluding carboxylic acids is 2. The molecule has 2 rings (SSSR count). The van der Waals surface area contributed by atoms with Gasteiger partial charge in [-0.25, -0.2) is 4.79 Å². The predicted molar refractivity (Wildman–Crippen MR) is 86.2 cm³/mol. The highest BCUT2D eigenvalue weighted by Gasteiger charge is 2.14. The first-order valence-electron chi connectivity index (χ1n) is 6.17. The molecule has 2 aromatic rings. The van der Waals surface area contributed by atoms with E-state index in [2.05, 4.69) is 21.2 Å². The Morgan fingerprint density at radius 1 is 1.18 bits per heavy atom. The summed E-state index contributed by atoms with van der Waals surface area (Å²) in [4.78, 5) is 23.6. The number of anilines is 1. The molecular formula is C15H11BrClNO4. The maximum absolute atomic E-state index is 11.9. The number of phenols is 1. The highest BCUT2D eigenvalue weighted by Crippen LogP contribution is 2.21. The van der Waals surface area contributed by atoms with E-state index in [0.29, 0.717) is 10.2 Å². The molecule has 0 aliphatic rings. The number of ether oxygens (including phenoxy) is 1. The smallest absolute Gasteiger partial charge is 0.340 e. The molecule has 0 unspecified atom stereocenters. The number of amides is 1. The number of rotatable bonds is 4. The van der Waals surface area contributed by atoms with Gasteiger partial charge in [0.05, 0.1) is 10.6 Å². The van der Waals surface area contributed by atoms with Crippen LogP contribution < -0.4 is 5.32 Å². The van der Waals surface area contributed by atoms with E-state index in [1.165, 1.54) is 30.3 Å². The molecule has 7 heteroatoms. The van der Waals surface area contributed by atoms with Crippen molar-refractivity contribution in [3.8, 4) is 5.75 Å². The molecule has 0 heterocycles. The Hall–Kier alpha value is -2.05. The van der Waals surface area contributed by atoms with Gasteiger partial charge in [-0.3, -0.25) is 4.79 Å². The number of hydrogen-bond acceptors (Lipinski definition) is 4. The van der Waals surface area contributed by atoms with Crippen molar-refractivity contribution in [2.75, 3.05) is 11.9 Å². The van der Waals surface area contributed by atoms with Crippen molar-refractivity contribution in [2.24, 2.45) is 0 Å². The molecule has 0 atom stereocenters. The zero-order valence-electron chi connectivity index (χ0n) is 11.2. The average molecular weight is 385 g/mol.